The fourth-order valence-corrected chi connectivity index (χ4v) is 4.51. The number of carbonyl (C=O) groups excluding carboxylic acids is 2. The summed E-state index contributed by atoms with van der Waals surface area (Å²) >= 11 is 0. The first kappa shape index (κ1) is 24.0. The molecule has 1 fully saturated rings. The molecule has 1 aliphatic rings. The number of nitrogens with one attached hydrogen (secondary N) is 1. The van der Waals surface area contributed by atoms with Crippen molar-refractivity contribution in [1.29, 1.82) is 0 Å². The molecule has 9 heteroatoms. The van der Waals surface area contributed by atoms with Crippen molar-refractivity contribution in [3.8, 4) is 29.0 Å². The maximum Gasteiger partial charge on any atom is 0.298 e. The normalized spacial score (nSPS) is 14.8. The van der Waals surface area contributed by atoms with Crippen LogP contribution in [0.15, 0.2) is 61.1 Å². The molecule has 1 N–H and O–H groups in total. The van der Waals surface area contributed by atoms with Gasteiger partial charge >= 0.3 is 0 Å². The lowest BCUT2D eigenvalue weighted by Crippen LogP contribution is -2.27. The fourth-order valence-electron chi connectivity index (χ4n) is 4.51. The van der Waals surface area contributed by atoms with E-state index >= 15 is 0 Å². The predicted octanol–water partition coefficient (Wildman–Crippen LogP) is 3.78. The minimum Gasteiger partial charge on any atom is -0.478 e. The van der Waals surface area contributed by atoms with Gasteiger partial charge in [0, 0.05) is 36.3 Å². The van der Waals surface area contributed by atoms with Crippen molar-refractivity contribution in [3.63, 3.8) is 0 Å². The van der Waals surface area contributed by atoms with Gasteiger partial charge in [0.05, 0.1) is 30.2 Å². The van der Waals surface area contributed by atoms with Crippen molar-refractivity contribution in [2.45, 2.75) is 26.2 Å². The molecule has 1 aromatic carbocycles. The molecular formula is C28H26N6O3. The van der Waals surface area contributed by atoms with Crippen molar-refractivity contribution in [1.82, 2.24) is 24.3 Å². The second kappa shape index (κ2) is 10.5. The Morgan fingerprint density at radius 3 is 2.73 bits per heavy atom. The van der Waals surface area contributed by atoms with Gasteiger partial charge in [-0.15, -0.1) is 0 Å². The van der Waals surface area contributed by atoms with Gasteiger partial charge in [-0.25, -0.2) is 9.97 Å². The highest BCUT2D eigenvalue weighted by Gasteiger charge is 2.31. The van der Waals surface area contributed by atoms with Crippen molar-refractivity contribution in [3.05, 3.63) is 72.4 Å². The first-order chi connectivity index (χ1) is 18.1. The van der Waals surface area contributed by atoms with Crippen LogP contribution >= 0.6 is 0 Å². The third kappa shape index (κ3) is 4.86. The van der Waals surface area contributed by atoms with Gasteiger partial charge < -0.3 is 15.0 Å². The Kier molecular flexibility index (Phi) is 6.81. The summed E-state index contributed by atoms with van der Waals surface area (Å²) in [5.41, 5.74) is 2.88. The van der Waals surface area contributed by atoms with E-state index in [-0.39, 0.29) is 17.7 Å². The topological polar surface area (TPSA) is 102 Å². The highest BCUT2D eigenvalue weighted by Crippen LogP contribution is 2.34. The number of ether oxygens (including phenoxy) is 1. The molecular weight excluding hydrogens is 468 g/mol. The maximum atomic E-state index is 12.7. The smallest absolute Gasteiger partial charge is 0.298 e. The minimum absolute atomic E-state index is 0.0221. The van der Waals surface area contributed by atoms with E-state index in [1.54, 1.807) is 54.7 Å². The largest absolute Gasteiger partial charge is 0.478 e. The molecule has 2 amide bonds. The number of rotatable bonds is 6. The van der Waals surface area contributed by atoms with E-state index in [2.05, 4.69) is 27.1 Å². The summed E-state index contributed by atoms with van der Waals surface area (Å²) in [5.74, 6) is 6.82. The van der Waals surface area contributed by atoms with E-state index < -0.39 is 0 Å². The molecule has 37 heavy (non-hydrogen) atoms. The van der Waals surface area contributed by atoms with Gasteiger partial charge in [-0.05, 0) is 50.5 Å². The van der Waals surface area contributed by atoms with Crippen molar-refractivity contribution >= 4 is 23.1 Å². The number of imidazole rings is 1. The summed E-state index contributed by atoms with van der Waals surface area (Å²) in [4.78, 5) is 40.3. The number of carbonyl (C=O) groups is 2. The first-order valence-corrected chi connectivity index (χ1v) is 12.1. The third-order valence-corrected chi connectivity index (χ3v) is 6.23. The van der Waals surface area contributed by atoms with Crippen LogP contribution in [0.25, 0.3) is 16.8 Å². The van der Waals surface area contributed by atoms with E-state index in [0.29, 0.717) is 37.0 Å². The summed E-state index contributed by atoms with van der Waals surface area (Å²) in [7, 11) is 0. The zero-order valence-corrected chi connectivity index (χ0v) is 20.6. The van der Waals surface area contributed by atoms with Crippen LogP contribution in [-0.2, 0) is 4.79 Å². The van der Waals surface area contributed by atoms with Gasteiger partial charge in [0.2, 0.25) is 5.88 Å². The van der Waals surface area contributed by atoms with Crippen molar-refractivity contribution in [2.24, 2.45) is 0 Å². The van der Waals surface area contributed by atoms with Gasteiger partial charge in [0.15, 0.2) is 0 Å². The quantitative estimate of drug-likeness (QED) is 0.410. The number of nitrogens with zero attached hydrogens (tertiary/aromatic N) is 5. The fraction of sp³-hybridized carbons (Fsp3) is 0.250. The number of pyridine rings is 1. The zero-order valence-electron chi connectivity index (χ0n) is 20.6. The van der Waals surface area contributed by atoms with Crippen LogP contribution in [0, 0.1) is 11.8 Å². The van der Waals surface area contributed by atoms with Gasteiger partial charge in [-0.2, -0.15) is 0 Å². The number of anilines is 1. The molecule has 0 saturated carbocycles. The molecule has 186 valence electrons. The van der Waals surface area contributed by atoms with E-state index in [1.807, 2.05) is 29.5 Å². The van der Waals surface area contributed by atoms with Gasteiger partial charge in [0.25, 0.3) is 11.8 Å². The Morgan fingerprint density at radius 2 is 2.00 bits per heavy atom. The van der Waals surface area contributed by atoms with Crippen LogP contribution in [0.2, 0.25) is 0 Å². The van der Waals surface area contributed by atoms with E-state index in [1.165, 1.54) is 0 Å². The number of hydrogen-bond donors (Lipinski definition) is 1. The Bertz CT molecular complexity index is 1500. The number of fused-ring (bicyclic) bond motifs is 1. The van der Waals surface area contributed by atoms with Gasteiger partial charge in [-0.1, -0.05) is 24.1 Å². The SMILES string of the molecule is CC#CC(=O)N1CCC(c2nc(-c3ccc(C(=O)Nc4ccccn4)cc3)c3cncc(OCC)n23)C1. The van der Waals surface area contributed by atoms with Gasteiger partial charge in [-0.3, -0.25) is 19.0 Å². The summed E-state index contributed by atoms with van der Waals surface area (Å²) in [5, 5.41) is 2.79. The molecule has 4 heterocycles. The highest BCUT2D eigenvalue weighted by molar-refractivity contribution is 6.04. The van der Waals surface area contributed by atoms with Crippen LogP contribution in [0.4, 0.5) is 5.82 Å². The van der Waals surface area contributed by atoms with E-state index in [0.717, 1.165) is 29.0 Å². The van der Waals surface area contributed by atoms with Crippen LogP contribution < -0.4 is 10.1 Å². The Labute approximate surface area is 214 Å². The minimum atomic E-state index is -0.244. The average Bonchev–Trinajstić information content (AvgIpc) is 3.56. The second-order valence-corrected chi connectivity index (χ2v) is 8.58. The lowest BCUT2D eigenvalue weighted by Gasteiger charge is -2.14. The summed E-state index contributed by atoms with van der Waals surface area (Å²) in [6.07, 6.45) is 5.84. The number of likely N-dealkylation sites (tertiary alicyclic amines) is 1. The standard InChI is InChI=1S/C28H26N6O3/c1-3-7-24(35)33-15-13-21(18-33)27-32-26(22-16-29-17-25(34(22)27)37-4-2)19-9-11-20(12-10-19)28(36)31-23-8-5-6-14-30-23/h5-6,8-12,14,16-17,21H,4,13,15,18H2,1-2H3,(H,30,31,36). The van der Waals surface area contributed by atoms with Crippen molar-refractivity contribution in [2.75, 3.05) is 25.0 Å². The highest BCUT2D eigenvalue weighted by atomic mass is 16.5. The van der Waals surface area contributed by atoms with Crippen LogP contribution in [0.5, 0.6) is 5.88 Å². The first-order valence-electron chi connectivity index (χ1n) is 12.1. The molecule has 1 unspecified atom stereocenters. The van der Waals surface area contributed by atoms with Crippen molar-refractivity contribution < 1.29 is 14.3 Å². The summed E-state index contributed by atoms with van der Waals surface area (Å²) < 4.78 is 7.87. The molecule has 0 radical (unpaired) electrons. The molecule has 0 spiro atoms. The molecule has 4 aromatic rings. The molecule has 9 nitrogen and oxygen atoms in total. The van der Waals surface area contributed by atoms with E-state index in [4.69, 9.17) is 9.72 Å². The van der Waals surface area contributed by atoms with Crippen LogP contribution in [0.1, 0.15) is 42.4 Å². The molecule has 1 aliphatic heterocycles. The summed E-state index contributed by atoms with van der Waals surface area (Å²) in [6.45, 7) is 5.22. The average molecular weight is 495 g/mol. The number of amides is 2. The van der Waals surface area contributed by atoms with Crippen LogP contribution in [0.3, 0.4) is 0 Å². The van der Waals surface area contributed by atoms with Crippen LogP contribution in [-0.4, -0.2) is 55.8 Å². The molecule has 0 bridgehead atoms. The molecule has 0 aliphatic carbocycles. The monoisotopic (exact) mass is 494 g/mol. The van der Waals surface area contributed by atoms with E-state index in [9.17, 15) is 9.59 Å². The molecule has 1 atom stereocenters. The molecule has 5 rings (SSSR count). The second-order valence-electron chi connectivity index (χ2n) is 8.58. The Balaban J connectivity index is 1.48. The molecule has 3 aromatic heterocycles. The number of hydrogen-bond acceptors (Lipinski definition) is 6. The molecule has 1 saturated heterocycles. The lowest BCUT2D eigenvalue weighted by atomic mass is 10.1. The summed E-state index contributed by atoms with van der Waals surface area (Å²) in [6, 6.07) is 12.6. The lowest BCUT2D eigenvalue weighted by molar-refractivity contribution is -0.124. The zero-order chi connectivity index (χ0) is 25.8. The maximum absolute atomic E-state index is 12.7. The predicted molar refractivity (Wildman–Crippen MR) is 139 cm³/mol. The number of benzene rings is 1. The van der Waals surface area contributed by atoms with Gasteiger partial charge in [0.1, 0.15) is 11.6 Å². The Morgan fingerprint density at radius 1 is 1.16 bits per heavy atom. The third-order valence-electron chi connectivity index (χ3n) is 6.23. The number of aromatic nitrogens is 4. The Hall–Kier alpha value is -4.71.